The Labute approximate surface area is 169 Å². The van der Waals surface area contributed by atoms with Gasteiger partial charge in [-0.3, -0.25) is 14.4 Å². The van der Waals surface area contributed by atoms with Crippen LogP contribution in [0.15, 0.2) is 42.5 Å². The average Bonchev–Trinajstić information content (AvgIpc) is 2.74. The minimum Gasteiger partial charge on any atom is -0.496 e. The molecule has 1 saturated heterocycles. The van der Waals surface area contributed by atoms with Crippen LogP contribution in [-0.2, 0) is 4.79 Å². The van der Waals surface area contributed by atoms with Crippen molar-refractivity contribution >= 4 is 23.5 Å². The lowest BCUT2D eigenvalue weighted by Gasteiger charge is -2.30. The molecule has 29 heavy (non-hydrogen) atoms. The number of piperidine rings is 1. The quantitative estimate of drug-likeness (QED) is 0.809. The number of aliphatic carboxylic acids is 1. The van der Waals surface area contributed by atoms with Gasteiger partial charge < -0.3 is 20.1 Å². The van der Waals surface area contributed by atoms with Gasteiger partial charge in [0.15, 0.2) is 0 Å². The molecule has 2 aromatic carbocycles. The first-order valence-electron chi connectivity index (χ1n) is 9.47. The summed E-state index contributed by atoms with van der Waals surface area (Å²) in [4.78, 5) is 37.8. The van der Waals surface area contributed by atoms with Gasteiger partial charge in [0, 0.05) is 29.9 Å². The molecule has 2 amide bonds. The van der Waals surface area contributed by atoms with E-state index in [1.807, 2.05) is 13.0 Å². The molecule has 0 bridgehead atoms. The number of hydrogen-bond donors (Lipinski definition) is 2. The molecule has 1 heterocycles. The molecule has 1 fully saturated rings. The number of ether oxygens (including phenoxy) is 1. The Balaban J connectivity index is 1.62. The molecule has 2 N–H and O–H groups in total. The van der Waals surface area contributed by atoms with Crippen LogP contribution in [0.4, 0.5) is 5.69 Å². The summed E-state index contributed by atoms with van der Waals surface area (Å²) in [5, 5.41) is 11.9. The second-order valence-electron chi connectivity index (χ2n) is 7.12. The van der Waals surface area contributed by atoms with Gasteiger partial charge in [0.25, 0.3) is 11.8 Å². The molecule has 2 aromatic rings. The van der Waals surface area contributed by atoms with Crippen LogP contribution in [0.5, 0.6) is 5.75 Å². The van der Waals surface area contributed by atoms with E-state index in [0.29, 0.717) is 48.5 Å². The van der Waals surface area contributed by atoms with Crippen LogP contribution in [0.2, 0.25) is 0 Å². The summed E-state index contributed by atoms with van der Waals surface area (Å²) in [5.74, 6) is -0.932. The van der Waals surface area contributed by atoms with E-state index in [4.69, 9.17) is 9.84 Å². The summed E-state index contributed by atoms with van der Waals surface area (Å²) in [6.45, 7) is 2.77. The monoisotopic (exact) mass is 396 g/mol. The molecule has 0 aromatic heterocycles. The lowest BCUT2D eigenvalue weighted by Crippen LogP contribution is -2.40. The Hall–Kier alpha value is -3.35. The summed E-state index contributed by atoms with van der Waals surface area (Å²) in [6, 6.07) is 11.9. The molecule has 7 heteroatoms. The number of nitrogens with one attached hydrogen (secondary N) is 1. The zero-order valence-corrected chi connectivity index (χ0v) is 16.5. The highest BCUT2D eigenvalue weighted by atomic mass is 16.5. The summed E-state index contributed by atoms with van der Waals surface area (Å²) < 4.78 is 5.25. The van der Waals surface area contributed by atoms with E-state index >= 15 is 0 Å². The van der Waals surface area contributed by atoms with Gasteiger partial charge in [-0.1, -0.05) is 6.07 Å². The normalized spacial score (nSPS) is 14.3. The number of rotatable bonds is 5. The number of carboxylic acid groups (broad SMARTS) is 1. The molecule has 3 rings (SSSR count). The van der Waals surface area contributed by atoms with E-state index in [1.54, 1.807) is 48.4 Å². The Morgan fingerprint density at radius 1 is 1.03 bits per heavy atom. The van der Waals surface area contributed by atoms with E-state index in [2.05, 4.69) is 5.32 Å². The molecular weight excluding hydrogens is 372 g/mol. The van der Waals surface area contributed by atoms with Gasteiger partial charge in [0.05, 0.1) is 13.0 Å². The molecule has 0 spiro atoms. The predicted molar refractivity (Wildman–Crippen MR) is 108 cm³/mol. The zero-order valence-electron chi connectivity index (χ0n) is 16.5. The third-order valence-corrected chi connectivity index (χ3v) is 5.19. The lowest BCUT2D eigenvalue weighted by atomic mass is 9.96. The van der Waals surface area contributed by atoms with Gasteiger partial charge in [-0.25, -0.2) is 0 Å². The summed E-state index contributed by atoms with van der Waals surface area (Å²) in [6.07, 6.45) is 0.935. The third kappa shape index (κ3) is 4.74. The van der Waals surface area contributed by atoms with Crippen molar-refractivity contribution in [2.75, 3.05) is 25.5 Å². The van der Waals surface area contributed by atoms with Crippen molar-refractivity contribution in [2.24, 2.45) is 5.92 Å². The highest BCUT2D eigenvalue weighted by molar-refractivity contribution is 6.05. The number of anilines is 1. The number of hydrogen-bond acceptors (Lipinski definition) is 4. The van der Waals surface area contributed by atoms with Crippen LogP contribution in [0.3, 0.4) is 0 Å². The minimum absolute atomic E-state index is 0.130. The molecule has 7 nitrogen and oxygen atoms in total. The van der Waals surface area contributed by atoms with E-state index in [9.17, 15) is 14.4 Å². The average molecular weight is 396 g/mol. The number of carboxylic acids is 1. The molecule has 0 saturated carbocycles. The number of carbonyl (C=O) groups is 3. The van der Waals surface area contributed by atoms with Gasteiger partial charge in [-0.2, -0.15) is 0 Å². The second-order valence-corrected chi connectivity index (χ2v) is 7.12. The topological polar surface area (TPSA) is 95.9 Å². The van der Waals surface area contributed by atoms with Gasteiger partial charge >= 0.3 is 5.97 Å². The SMILES string of the molecule is COc1cc(C(=O)Nc2ccc(C(=O)N3CCC(C(=O)O)CC3)cc2)ccc1C. The van der Waals surface area contributed by atoms with Gasteiger partial charge in [0.2, 0.25) is 0 Å². The summed E-state index contributed by atoms with van der Waals surface area (Å²) in [5.41, 5.74) is 2.51. The van der Waals surface area contributed by atoms with Gasteiger partial charge in [0.1, 0.15) is 5.75 Å². The number of aryl methyl sites for hydroxylation is 1. The number of amides is 2. The number of carbonyl (C=O) groups excluding carboxylic acids is 2. The Morgan fingerprint density at radius 2 is 1.66 bits per heavy atom. The fourth-order valence-electron chi connectivity index (χ4n) is 3.37. The molecular formula is C22H24N2O5. The van der Waals surface area contributed by atoms with E-state index < -0.39 is 5.97 Å². The second kappa shape index (κ2) is 8.77. The Bertz CT molecular complexity index is 915. The van der Waals surface area contributed by atoms with E-state index in [1.165, 1.54) is 0 Å². The van der Waals surface area contributed by atoms with Crippen molar-refractivity contribution in [3.05, 3.63) is 59.2 Å². The molecule has 1 aliphatic heterocycles. The zero-order chi connectivity index (χ0) is 21.0. The van der Waals surface area contributed by atoms with Crippen molar-refractivity contribution in [1.82, 2.24) is 4.90 Å². The molecule has 152 valence electrons. The number of methoxy groups -OCH3 is 1. The summed E-state index contributed by atoms with van der Waals surface area (Å²) >= 11 is 0. The summed E-state index contributed by atoms with van der Waals surface area (Å²) in [7, 11) is 1.56. The number of likely N-dealkylation sites (tertiary alicyclic amines) is 1. The number of nitrogens with zero attached hydrogens (tertiary/aromatic N) is 1. The van der Waals surface area contributed by atoms with Crippen LogP contribution in [0, 0.1) is 12.8 Å². The van der Waals surface area contributed by atoms with Crippen molar-refractivity contribution in [1.29, 1.82) is 0 Å². The first-order chi connectivity index (χ1) is 13.9. The molecule has 0 radical (unpaired) electrons. The van der Waals surface area contributed by atoms with E-state index in [-0.39, 0.29) is 17.7 Å². The van der Waals surface area contributed by atoms with Crippen LogP contribution in [0.25, 0.3) is 0 Å². The Morgan fingerprint density at radius 3 is 2.24 bits per heavy atom. The first-order valence-corrected chi connectivity index (χ1v) is 9.47. The molecule has 0 atom stereocenters. The van der Waals surface area contributed by atoms with Crippen LogP contribution in [0.1, 0.15) is 39.1 Å². The third-order valence-electron chi connectivity index (χ3n) is 5.19. The maximum absolute atomic E-state index is 12.6. The van der Waals surface area contributed by atoms with Gasteiger partial charge in [-0.15, -0.1) is 0 Å². The van der Waals surface area contributed by atoms with E-state index in [0.717, 1.165) is 5.56 Å². The first kappa shape index (κ1) is 20.4. The minimum atomic E-state index is -0.802. The molecule has 1 aliphatic rings. The van der Waals surface area contributed by atoms with Crippen molar-refractivity contribution in [2.45, 2.75) is 19.8 Å². The maximum atomic E-state index is 12.6. The predicted octanol–water partition coefficient (Wildman–Crippen LogP) is 3.19. The number of benzene rings is 2. The maximum Gasteiger partial charge on any atom is 0.306 e. The van der Waals surface area contributed by atoms with Crippen molar-refractivity contribution in [3.8, 4) is 5.75 Å². The van der Waals surface area contributed by atoms with Crippen molar-refractivity contribution < 1.29 is 24.2 Å². The fraction of sp³-hybridized carbons (Fsp3) is 0.318. The smallest absolute Gasteiger partial charge is 0.306 e. The lowest BCUT2D eigenvalue weighted by molar-refractivity contribution is -0.143. The van der Waals surface area contributed by atoms with Gasteiger partial charge in [-0.05, 0) is 61.7 Å². The molecule has 0 aliphatic carbocycles. The van der Waals surface area contributed by atoms with Crippen LogP contribution in [-0.4, -0.2) is 48.0 Å². The van der Waals surface area contributed by atoms with Crippen LogP contribution < -0.4 is 10.1 Å². The highest BCUT2D eigenvalue weighted by Gasteiger charge is 2.27. The highest BCUT2D eigenvalue weighted by Crippen LogP contribution is 2.22. The van der Waals surface area contributed by atoms with Crippen molar-refractivity contribution in [3.63, 3.8) is 0 Å². The molecule has 0 unspecified atom stereocenters. The largest absolute Gasteiger partial charge is 0.496 e. The van der Waals surface area contributed by atoms with Crippen LogP contribution >= 0.6 is 0 Å². The Kier molecular flexibility index (Phi) is 6.16. The fourth-order valence-corrected chi connectivity index (χ4v) is 3.37. The standard InChI is InChI=1S/C22H24N2O5/c1-14-3-4-17(13-19(14)29-2)20(25)23-18-7-5-15(6-8-18)21(26)24-11-9-16(10-12-24)22(27)28/h3-8,13,16H,9-12H2,1-2H3,(H,23,25)(H,27,28).